The zero-order chi connectivity index (χ0) is 15.0. The van der Waals surface area contributed by atoms with E-state index in [0.29, 0.717) is 6.04 Å². The molecule has 3 heteroatoms. The van der Waals surface area contributed by atoms with Crippen LogP contribution in [-0.2, 0) is 13.1 Å². The van der Waals surface area contributed by atoms with Gasteiger partial charge in [-0.2, -0.15) is 0 Å². The van der Waals surface area contributed by atoms with E-state index in [1.54, 1.807) is 7.11 Å². The van der Waals surface area contributed by atoms with Crippen LogP contribution in [0.25, 0.3) is 0 Å². The lowest BCUT2D eigenvalue weighted by Crippen LogP contribution is -2.28. The van der Waals surface area contributed by atoms with E-state index >= 15 is 0 Å². The van der Waals surface area contributed by atoms with Crippen LogP contribution >= 0.6 is 0 Å². The summed E-state index contributed by atoms with van der Waals surface area (Å²) in [6, 6.07) is 7.08. The molecule has 1 rings (SSSR count). The quantitative estimate of drug-likeness (QED) is 0.749. The van der Waals surface area contributed by atoms with E-state index in [2.05, 4.69) is 56.2 Å². The van der Waals surface area contributed by atoms with Crippen molar-refractivity contribution in [3.8, 4) is 5.75 Å². The molecule has 1 aromatic rings. The second-order valence-electron chi connectivity index (χ2n) is 5.48. The molecule has 0 radical (unpaired) electrons. The van der Waals surface area contributed by atoms with Crippen LogP contribution in [0.2, 0.25) is 0 Å². The molecule has 3 nitrogen and oxygen atoms in total. The topological polar surface area (TPSA) is 24.5 Å². The Morgan fingerprint density at radius 1 is 1.30 bits per heavy atom. The molecule has 1 atom stereocenters. The van der Waals surface area contributed by atoms with E-state index in [9.17, 15) is 0 Å². The van der Waals surface area contributed by atoms with Gasteiger partial charge in [-0.15, -0.1) is 0 Å². The van der Waals surface area contributed by atoms with E-state index in [0.717, 1.165) is 25.4 Å². The summed E-state index contributed by atoms with van der Waals surface area (Å²) in [5, 5.41) is 3.37. The fourth-order valence-electron chi connectivity index (χ4n) is 2.40. The zero-order valence-corrected chi connectivity index (χ0v) is 13.7. The normalized spacial score (nSPS) is 12.7. The largest absolute Gasteiger partial charge is 0.496 e. The molecule has 0 spiro atoms. The highest BCUT2D eigenvalue weighted by atomic mass is 16.5. The van der Waals surface area contributed by atoms with Gasteiger partial charge in [-0.05, 0) is 44.6 Å². The van der Waals surface area contributed by atoms with E-state index in [1.165, 1.54) is 24.0 Å². The summed E-state index contributed by atoms with van der Waals surface area (Å²) in [5.74, 6) is 0.987. The van der Waals surface area contributed by atoms with Gasteiger partial charge < -0.3 is 10.1 Å². The number of ether oxygens (including phenoxy) is 1. The SMILES string of the molecule is CCCC(C)N(C)Cc1cc(CNCC)ccc1OC. The van der Waals surface area contributed by atoms with Gasteiger partial charge in [0.05, 0.1) is 7.11 Å². The highest BCUT2D eigenvalue weighted by Crippen LogP contribution is 2.22. The van der Waals surface area contributed by atoms with Crippen molar-refractivity contribution in [3.63, 3.8) is 0 Å². The van der Waals surface area contributed by atoms with E-state index in [-0.39, 0.29) is 0 Å². The Hall–Kier alpha value is -1.06. The average Bonchev–Trinajstić information content (AvgIpc) is 2.45. The smallest absolute Gasteiger partial charge is 0.123 e. The summed E-state index contributed by atoms with van der Waals surface area (Å²) >= 11 is 0. The van der Waals surface area contributed by atoms with Gasteiger partial charge in [-0.25, -0.2) is 0 Å². The molecule has 0 aromatic heterocycles. The molecular weight excluding hydrogens is 248 g/mol. The molecule has 0 amide bonds. The number of hydrogen-bond donors (Lipinski definition) is 1. The third-order valence-corrected chi connectivity index (χ3v) is 3.80. The van der Waals surface area contributed by atoms with Crippen molar-refractivity contribution in [2.75, 3.05) is 20.7 Å². The van der Waals surface area contributed by atoms with Gasteiger partial charge in [0.25, 0.3) is 0 Å². The Morgan fingerprint density at radius 3 is 2.65 bits per heavy atom. The molecule has 0 aliphatic heterocycles. The zero-order valence-electron chi connectivity index (χ0n) is 13.7. The summed E-state index contributed by atoms with van der Waals surface area (Å²) in [6.07, 6.45) is 2.46. The van der Waals surface area contributed by atoms with Crippen LogP contribution in [0.15, 0.2) is 18.2 Å². The summed E-state index contributed by atoms with van der Waals surface area (Å²) in [7, 11) is 3.94. The standard InChI is InChI=1S/C17H30N2O/c1-6-8-14(3)19(4)13-16-11-15(12-18-7-2)9-10-17(16)20-5/h9-11,14,18H,6-8,12-13H2,1-5H3. The van der Waals surface area contributed by atoms with Gasteiger partial charge in [0.2, 0.25) is 0 Å². The second kappa shape index (κ2) is 8.98. The molecule has 1 N–H and O–H groups in total. The van der Waals surface area contributed by atoms with Crippen LogP contribution in [-0.4, -0.2) is 31.6 Å². The molecule has 0 aliphatic rings. The minimum absolute atomic E-state index is 0.599. The second-order valence-corrected chi connectivity index (χ2v) is 5.48. The van der Waals surface area contributed by atoms with Crippen molar-refractivity contribution in [1.82, 2.24) is 10.2 Å². The molecule has 0 fully saturated rings. The number of benzene rings is 1. The van der Waals surface area contributed by atoms with Crippen LogP contribution < -0.4 is 10.1 Å². The van der Waals surface area contributed by atoms with Crippen molar-refractivity contribution in [2.45, 2.75) is 52.7 Å². The predicted octanol–water partition coefficient (Wildman–Crippen LogP) is 3.43. The maximum atomic E-state index is 5.50. The van der Waals surface area contributed by atoms with Crippen LogP contribution in [0.3, 0.4) is 0 Å². The molecule has 0 saturated carbocycles. The number of nitrogens with zero attached hydrogens (tertiary/aromatic N) is 1. The molecule has 0 aliphatic carbocycles. The first kappa shape index (κ1) is 17.0. The Balaban J connectivity index is 2.79. The van der Waals surface area contributed by atoms with Gasteiger partial charge in [0, 0.05) is 24.7 Å². The molecule has 0 heterocycles. The lowest BCUT2D eigenvalue weighted by molar-refractivity contribution is 0.233. The summed E-state index contributed by atoms with van der Waals surface area (Å²) in [5.41, 5.74) is 2.59. The van der Waals surface area contributed by atoms with Gasteiger partial charge in [0.15, 0.2) is 0 Å². The van der Waals surface area contributed by atoms with Crippen molar-refractivity contribution in [3.05, 3.63) is 29.3 Å². The highest BCUT2D eigenvalue weighted by Gasteiger charge is 2.12. The Labute approximate surface area is 124 Å². The summed E-state index contributed by atoms with van der Waals surface area (Å²) < 4.78 is 5.50. The Kier molecular flexibility index (Phi) is 7.63. The molecule has 114 valence electrons. The monoisotopic (exact) mass is 278 g/mol. The van der Waals surface area contributed by atoms with E-state index in [4.69, 9.17) is 4.74 Å². The first-order valence-electron chi connectivity index (χ1n) is 7.69. The Morgan fingerprint density at radius 2 is 2.05 bits per heavy atom. The van der Waals surface area contributed by atoms with Crippen LogP contribution in [0.1, 0.15) is 44.7 Å². The lowest BCUT2D eigenvalue weighted by Gasteiger charge is -2.25. The number of methoxy groups -OCH3 is 1. The molecule has 1 aromatic carbocycles. The lowest BCUT2D eigenvalue weighted by atomic mass is 10.1. The van der Waals surface area contributed by atoms with Crippen molar-refractivity contribution >= 4 is 0 Å². The molecule has 1 unspecified atom stereocenters. The summed E-state index contributed by atoms with van der Waals surface area (Å²) in [4.78, 5) is 2.40. The van der Waals surface area contributed by atoms with E-state index < -0.39 is 0 Å². The first-order valence-corrected chi connectivity index (χ1v) is 7.69. The molecule has 20 heavy (non-hydrogen) atoms. The molecule has 0 bridgehead atoms. The summed E-state index contributed by atoms with van der Waals surface area (Å²) in [6.45, 7) is 9.51. The average molecular weight is 278 g/mol. The maximum Gasteiger partial charge on any atom is 0.123 e. The predicted molar refractivity (Wildman–Crippen MR) is 86.2 cm³/mol. The minimum atomic E-state index is 0.599. The molecular formula is C17H30N2O. The molecule has 0 saturated heterocycles. The number of hydrogen-bond acceptors (Lipinski definition) is 3. The number of nitrogens with one attached hydrogen (secondary N) is 1. The third kappa shape index (κ3) is 5.14. The van der Waals surface area contributed by atoms with Crippen molar-refractivity contribution in [2.24, 2.45) is 0 Å². The van der Waals surface area contributed by atoms with Crippen molar-refractivity contribution < 1.29 is 4.74 Å². The van der Waals surface area contributed by atoms with E-state index in [1.807, 2.05) is 0 Å². The third-order valence-electron chi connectivity index (χ3n) is 3.80. The van der Waals surface area contributed by atoms with Crippen LogP contribution in [0.4, 0.5) is 0 Å². The van der Waals surface area contributed by atoms with Gasteiger partial charge in [0.1, 0.15) is 5.75 Å². The minimum Gasteiger partial charge on any atom is -0.496 e. The Bertz CT molecular complexity index is 393. The fourth-order valence-corrected chi connectivity index (χ4v) is 2.40. The maximum absolute atomic E-state index is 5.50. The first-order chi connectivity index (χ1) is 9.62. The van der Waals surface area contributed by atoms with Gasteiger partial charge >= 0.3 is 0 Å². The van der Waals surface area contributed by atoms with Gasteiger partial charge in [-0.1, -0.05) is 26.3 Å². The number of rotatable bonds is 9. The van der Waals surface area contributed by atoms with Gasteiger partial charge in [-0.3, -0.25) is 4.90 Å². The highest BCUT2D eigenvalue weighted by molar-refractivity contribution is 5.37. The fraction of sp³-hybridized carbons (Fsp3) is 0.647. The van der Waals surface area contributed by atoms with Crippen LogP contribution in [0, 0.1) is 0 Å². The van der Waals surface area contributed by atoms with Crippen LogP contribution in [0.5, 0.6) is 5.75 Å². The van der Waals surface area contributed by atoms with Crippen molar-refractivity contribution in [1.29, 1.82) is 0 Å².